The lowest BCUT2D eigenvalue weighted by Crippen LogP contribution is -2.47. The molecule has 1 aliphatic heterocycles. The van der Waals surface area contributed by atoms with Gasteiger partial charge in [0, 0.05) is 38.9 Å². The van der Waals surface area contributed by atoms with E-state index in [0.717, 1.165) is 38.4 Å². The molecule has 4 heterocycles. The molecule has 0 spiro atoms. The summed E-state index contributed by atoms with van der Waals surface area (Å²) in [6.07, 6.45) is 3.27. The minimum atomic E-state index is -0.246. The van der Waals surface area contributed by atoms with Gasteiger partial charge in [-0.1, -0.05) is 11.6 Å². The number of hydrogen-bond donors (Lipinski definition) is 1. The first kappa shape index (κ1) is 18.9. The quantitative estimate of drug-likeness (QED) is 0.724. The highest BCUT2D eigenvalue weighted by Gasteiger charge is 2.23. The highest BCUT2D eigenvalue weighted by atomic mass is 35.5. The average molecular weight is 402 g/mol. The predicted molar refractivity (Wildman–Crippen MR) is 110 cm³/mol. The fourth-order valence-corrected chi connectivity index (χ4v) is 3.51. The Balaban J connectivity index is 1.50. The lowest BCUT2D eigenvalue weighted by Gasteiger charge is -2.34. The number of fused-ring (bicyclic) bond motifs is 1. The topological polar surface area (TPSA) is 82.9 Å². The van der Waals surface area contributed by atoms with Crippen molar-refractivity contribution in [1.29, 1.82) is 0 Å². The van der Waals surface area contributed by atoms with Crippen LogP contribution in [-0.2, 0) is 12.1 Å². The van der Waals surface area contributed by atoms with Crippen LogP contribution in [0.4, 0.5) is 5.95 Å². The average Bonchev–Trinajstić information content (AvgIpc) is 3.09. The summed E-state index contributed by atoms with van der Waals surface area (Å²) in [5.74, 6) is 0.604. The zero-order valence-electron chi connectivity index (χ0n) is 16.3. The first-order valence-corrected chi connectivity index (χ1v) is 9.75. The van der Waals surface area contributed by atoms with Crippen molar-refractivity contribution in [2.75, 3.05) is 31.1 Å². The zero-order valence-corrected chi connectivity index (χ0v) is 17.1. The first-order valence-electron chi connectivity index (χ1n) is 9.37. The Bertz CT molecular complexity index is 1030. The number of pyridine rings is 1. The van der Waals surface area contributed by atoms with Crippen LogP contribution in [0.3, 0.4) is 0 Å². The molecule has 1 fully saturated rings. The molecule has 0 radical (unpaired) electrons. The molecule has 0 amide bonds. The van der Waals surface area contributed by atoms with Crippen LogP contribution in [0.25, 0.3) is 11.0 Å². The fourth-order valence-electron chi connectivity index (χ4n) is 3.39. The van der Waals surface area contributed by atoms with Crippen LogP contribution in [0.1, 0.15) is 26.5 Å². The van der Waals surface area contributed by atoms with Gasteiger partial charge in [0.25, 0.3) is 5.56 Å². The minimum Gasteiger partial charge on any atom is -0.340 e. The molecule has 1 N–H and O–H groups in total. The van der Waals surface area contributed by atoms with E-state index in [1.54, 1.807) is 12.4 Å². The third-order valence-electron chi connectivity index (χ3n) is 4.91. The molecular formula is C19H24ClN7O. The van der Waals surface area contributed by atoms with Crippen molar-refractivity contribution in [2.45, 2.75) is 32.9 Å². The summed E-state index contributed by atoms with van der Waals surface area (Å²) in [6, 6.07) is 3.82. The maximum atomic E-state index is 12.5. The van der Waals surface area contributed by atoms with E-state index in [9.17, 15) is 4.79 Å². The highest BCUT2D eigenvalue weighted by molar-refractivity contribution is 6.30. The molecule has 3 aromatic heterocycles. The molecule has 9 heteroatoms. The van der Waals surface area contributed by atoms with Gasteiger partial charge in [0.15, 0.2) is 5.65 Å². The molecule has 0 bridgehead atoms. The zero-order chi connectivity index (χ0) is 19.9. The van der Waals surface area contributed by atoms with Crippen molar-refractivity contribution in [3.8, 4) is 0 Å². The second kappa shape index (κ2) is 7.18. The number of hydrogen-bond acceptors (Lipinski definition) is 6. The lowest BCUT2D eigenvalue weighted by molar-refractivity contribution is 0.246. The monoisotopic (exact) mass is 401 g/mol. The molecule has 148 valence electrons. The van der Waals surface area contributed by atoms with E-state index >= 15 is 0 Å². The summed E-state index contributed by atoms with van der Waals surface area (Å²) < 4.78 is 1.81. The van der Waals surface area contributed by atoms with Crippen molar-refractivity contribution in [3.63, 3.8) is 0 Å². The van der Waals surface area contributed by atoms with Gasteiger partial charge in [-0.05, 0) is 32.9 Å². The second-order valence-electron chi connectivity index (χ2n) is 8.08. The van der Waals surface area contributed by atoms with Crippen LogP contribution >= 0.6 is 11.6 Å². The Morgan fingerprint density at radius 2 is 1.89 bits per heavy atom. The standard InChI is InChI=1S/C19H24ClN7O/c1-19(2,3)27-16-15(11-22-27)17(28)24-18(23-16)26-8-6-25(7-9-26)12-14-5-4-13(20)10-21-14/h4-5,10-11H,6-9,12H2,1-3H3,(H,23,24,28). The van der Waals surface area contributed by atoms with Crippen LogP contribution in [0.5, 0.6) is 0 Å². The van der Waals surface area contributed by atoms with Crippen LogP contribution in [0, 0.1) is 0 Å². The number of anilines is 1. The summed E-state index contributed by atoms with van der Waals surface area (Å²) in [4.78, 5) is 29.0. The third kappa shape index (κ3) is 3.74. The number of nitrogens with one attached hydrogen (secondary N) is 1. The maximum Gasteiger partial charge on any atom is 0.263 e. The van der Waals surface area contributed by atoms with Crippen LogP contribution in [0.2, 0.25) is 5.02 Å². The molecule has 0 aliphatic carbocycles. The van der Waals surface area contributed by atoms with Gasteiger partial charge in [0.1, 0.15) is 5.39 Å². The Kier molecular flexibility index (Phi) is 4.84. The molecule has 0 aromatic carbocycles. The van der Waals surface area contributed by atoms with Crippen molar-refractivity contribution in [3.05, 3.63) is 45.6 Å². The van der Waals surface area contributed by atoms with Crippen molar-refractivity contribution < 1.29 is 0 Å². The van der Waals surface area contributed by atoms with Crippen LogP contribution in [0.15, 0.2) is 29.3 Å². The summed E-state index contributed by atoms with van der Waals surface area (Å²) >= 11 is 5.90. The van der Waals surface area contributed by atoms with Crippen molar-refractivity contribution >= 4 is 28.6 Å². The van der Waals surface area contributed by atoms with Gasteiger partial charge in [-0.2, -0.15) is 10.1 Å². The summed E-state index contributed by atoms with van der Waals surface area (Å²) in [7, 11) is 0. The Hall–Kier alpha value is -2.45. The van der Waals surface area contributed by atoms with Crippen molar-refractivity contribution in [1.82, 2.24) is 29.6 Å². The predicted octanol–water partition coefficient (Wildman–Crippen LogP) is 2.25. The largest absolute Gasteiger partial charge is 0.340 e. The molecule has 0 saturated carbocycles. The third-order valence-corrected chi connectivity index (χ3v) is 5.13. The number of nitrogens with zero attached hydrogens (tertiary/aromatic N) is 6. The number of aromatic amines is 1. The summed E-state index contributed by atoms with van der Waals surface area (Å²) in [6.45, 7) is 10.2. The number of halogens is 1. The van der Waals surface area contributed by atoms with Gasteiger partial charge in [0.2, 0.25) is 5.95 Å². The number of H-pyrrole nitrogens is 1. The van der Waals surface area contributed by atoms with E-state index in [0.29, 0.717) is 22.0 Å². The van der Waals surface area contributed by atoms with Crippen LogP contribution < -0.4 is 10.5 Å². The molecular weight excluding hydrogens is 378 g/mol. The molecule has 0 atom stereocenters. The van der Waals surface area contributed by atoms with Gasteiger partial charge < -0.3 is 4.90 Å². The minimum absolute atomic E-state index is 0.150. The summed E-state index contributed by atoms with van der Waals surface area (Å²) in [5, 5.41) is 5.54. The van der Waals surface area contributed by atoms with Crippen LogP contribution in [-0.4, -0.2) is 55.8 Å². The number of aromatic nitrogens is 5. The van der Waals surface area contributed by atoms with E-state index in [4.69, 9.17) is 16.6 Å². The second-order valence-corrected chi connectivity index (χ2v) is 8.52. The van der Waals surface area contributed by atoms with E-state index in [1.165, 1.54) is 0 Å². The molecule has 3 aromatic rings. The van der Waals surface area contributed by atoms with Gasteiger partial charge in [-0.15, -0.1) is 0 Å². The lowest BCUT2D eigenvalue weighted by atomic mass is 10.1. The number of rotatable bonds is 3. The summed E-state index contributed by atoms with van der Waals surface area (Å²) in [5.41, 5.74) is 1.23. The molecule has 0 unspecified atom stereocenters. The van der Waals surface area contributed by atoms with Gasteiger partial charge in [-0.3, -0.25) is 19.7 Å². The van der Waals surface area contributed by atoms with Gasteiger partial charge >= 0.3 is 0 Å². The highest BCUT2D eigenvalue weighted by Crippen LogP contribution is 2.20. The van der Waals surface area contributed by atoms with Gasteiger partial charge in [-0.25, -0.2) is 4.68 Å². The normalized spacial score (nSPS) is 16.1. The fraction of sp³-hybridized carbons (Fsp3) is 0.474. The smallest absolute Gasteiger partial charge is 0.263 e. The van der Waals surface area contributed by atoms with Crippen molar-refractivity contribution in [2.24, 2.45) is 0 Å². The molecule has 28 heavy (non-hydrogen) atoms. The van der Waals surface area contributed by atoms with E-state index in [2.05, 4.69) is 24.9 Å². The molecule has 1 aliphatic rings. The van der Waals surface area contributed by atoms with E-state index in [-0.39, 0.29) is 11.1 Å². The molecule has 4 rings (SSSR count). The first-order chi connectivity index (χ1) is 13.3. The van der Waals surface area contributed by atoms with E-state index in [1.807, 2.05) is 37.6 Å². The Labute approximate surface area is 168 Å². The molecule has 8 nitrogen and oxygen atoms in total. The van der Waals surface area contributed by atoms with E-state index < -0.39 is 0 Å². The molecule has 1 saturated heterocycles. The Morgan fingerprint density at radius 3 is 2.54 bits per heavy atom. The van der Waals surface area contributed by atoms with Gasteiger partial charge in [0.05, 0.1) is 22.5 Å². The SMILES string of the molecule is CC(C)(C)n1ncc2c(=O)[nH]c(N3CCN(Cc4ccc(Cl)cn4)CC3)nc21. The number of piperazine rings is 1. The maximum absolute atomic E-state index is 12.5. The Morgan fingerprint density at radius 1 is 1.14 bits per heavy atom.